The van der Waals surface area contributed by atoms with Gasteiger partial charge in [-0.25, -0.2) is 4.79 Å². The first kappa shape index (κ1) is 22.1. The van der Waals surface area contributed by atoms with Gasteiger partial charge in [0.1, 0.15) is 0 Å². The van der Waals surface area contributed by atoms with E-state index in [9.17, 15) is 14.7 Å². The number of anilines is 3. The monoisotopic (exact) mass is 429 g/mol. The van der Waals surface area contributed by atoms with E-state index in [1.165, 1.54) is 0 Å². The van der Waals surface area contributed by atoms with E-state index >= 15 is 0 Å². The summed E-state index contributed by atoms with van der Waals surface area (Å²) < 4.78 is 0. The van der Waals surface area contributed by atoms with E-state index in [0.717, 1.165) is 37.3 Å². The Balaban J connectivity index is 0.00000256. The van der Waals surface area contributed by atoms with Gasteiger partial charge in [0.05, 0.1) is 22.6 Å². The van der Waals surface area contributed by atoms with E-state index in [1.807, 2.05) is 47.4 Å². The SMILES string of the molecule is CCCN1CCCC(C(=O)O)(N2c3ccccc3C(=O)N(C)c3ccccc32)C1.Cl. The third kappa shape index (κ3) is 3.44. The molecule has 0 bridgehead atoms. The Morgan fingerprint density at radius 1 is 1.07 bits per heavy atom. The van der Waals surface area contributed by atoms with Crippen LogP contribution in [0.25, 0.3) is 0 Å². The van der Waals surface area contributed by atoms with Gasteiger partial charge in [0.15, 0.2) is 5.54 Å². The van der Waals surface area contributed by atoms with Crippen LogP contribution in [-0.4, -0.2) is 54.1 Å². The summed E-state index contributed by atoms with van der Waals surface area (Å²) >= 11 is 0. The van der Waals surface area contributed by atoms with Crippen LogP contribution in [0.2, 0.25) is 0 Å². The van der Waals surface area contributed by atoms with E-state index in [0.29, 0.717) is 24.2 Å². The average Bonchev–Trinajstić information content (AvgIpc) is 2.82. The molecule has 0 aromatic heterocycles. The number of amides is 1. The van der Waals surface area contributed by atoms with Crippen LogP contribution in [0, 0.1) is 0 Å². The van der Waals surface area contributed by atoms with Crippen molar-refractivity contribution >= 4 is 41.3 Å². The van der Waals surface area contributed by atoms with Crippen molar-refractivity contribution in [2.45, 2.75) is 31.7 Å². The van der Waals surface area contributed by atoms with E-state index in [1.54, 1.807) is 18.0 Å². The third-order valence-electron chi connectivity index (χ3n) is 6.08. The first-order valence-electron chi connectivity index (χ1n) is 10.2. The van der Waals surface area contributed by atoms with Crippen LogP contribution in [0.4, 0.5) is 17.1 Å². The molecule has 0 spiro atoms. The molecule has 30 heavy (non-hydrogen) atoms. The lowest BCUT2D eigenvalue weighted by Crippen LogP contribution is -2.62. The number of hydrogen-bond donors (Lipinski definition) is 1. The minimum Gasteiger partial charge on any atom is -0.479 e. The first-order chi connectivity index (χ1) is 14.0. The lowest BCUT2D eigenvalue weighted by Gasteiger charge is -2.48. The summed E-state index contributed by atoms with van der Waals surface area (Å²) in [5.74, 6) is -0.975. The number of aliphatic carboxylic acids is 1. The lowest BCUT2D eigenvalue weighted by atomic mass is 9.85. The van der Waals surface area contributed by atoms with Gasteiger partial charge in [0.2, 0.25) is 0 Å². The third-order valence-corrected chi connectivity index (χ3v) is 6.08. The molecule has 2 heterocycles. The number of carboxylic acid groups (broad SMARTS) is 1. The summed E-state index contributed by atoms with van der Waals surface area (Å²) in [6, 6.07) is 14.9. The zero-order valence-electron chi connectivity index (χ0n) is 17.4. The Labute approximate surface area is 183 Å². The second-order valence-electron chi connectivity index (χ2n) is 7.92. The van der Waals surface area contributed by atoms with Crippen molar-refractivity contribution in [3.63, 3.8) is 0 Å². The number of halogens is 1. The molecule has 1 saturated heterocycles. The molecule has 7 heteroatoms. The summed E-state index contributed by atoms with van der Waals surface area (Å²) in [5.41, 5.74) is 1.54. The number of fused-ring (bicyclic) bond motifs is 2. The van der Waals surface area contributed by atoms with Crippen LogP contribution in [0.3, 0.4) is 0 Å². The largest absolute Gasteiger partial charge is 0.479 e. The molecule has 0 saturated carbocycles. The number of rotatable bonds is 4. The number of carboxylic acids is 1. The molecule has 2 aromatic rings. The molecule has 1 amide bonds. The van der Waals surface area contributed by atoms with Crippen molar-refractivity contribution in [3.05, 3.63) is 54.1 Å². The van der Waals surface area contributed by atoms with Crippen molar-refractivity contribution in [3.8, 4) is 0 Å². The Bertz CT molecular complexity index is 949. The maximum Gasteiger partial charge on any atom is 0.331 e. The highest BCUT2D eigenvalue weighted by Crippen LogP contribution is 2.46. The number of carbonyl (C=O) groups excluding carboxylic acids is 1. The van der Waals surface area contributed by atoms with Gasteiger partial charge in [-0.2, -0.15) is 0 Å². The molecule has 2 aromatic carbocycles. The fraction of sp³-hybridized carbons (Fsp3) is 0.391. The lowest BCUT2D eigenvalue weighted by molar-refractivity contribution is -0.145. The maximum absolute atomic E-state index is 13.2. The van der Waals surface area contributed by atoms with E-state index in [4.69, 9.17) is 0 Å². The fourth-order valence-corrected chi connectivity index (χ4v) is 4.75. The molecule has 6 nitrogen and oxygen atoms in total. The van der Waals surface area contributed by atoms with Crippen LogP contribution in [0.1, 0.15) is 36.5 Å². The molecular formula is C23H28ClN3O3. The summed E-state index contributed by atoms with van der Waals surface area (Å²) in [6.45, 7) is 4.31. The minimum atomic E-state index is -1.13. The standard InChI is InChI=1S/C23H27N3O3.ClH/c1-3-14-25-15-8-13-23(16-25,22(28)29)26-18-10-5-4-9-17(18)21(27)24(2)19-11-6-7-12-20(19)26;/h4-7,9-12H,3,8,13-16H2,1-2H3,(H,28,29);1H. The second-order valence-corrected chi connectivity index (χ2v) is 7.92. The van der Waals surface area contributed by atoms with E-state index < -0.39 is 11.5 Å². The van der Waals surface area contributed by atoms with E-state index in [-0.39, 0.29) is 18.3 Å². The molecule has 4 rings (SSSR count). The molecule has 0 radical (unpaired) electrons. The van der Waals surface area contributed by atoms with Gasteiger partial charge in [-0.05, 0) is 56.6 Å². The van der Waals surface area contributed by atoms with Gasteiger partial charge in [-0.1, -0.05) is 31.2 Å². The number of likely N-dealkylation sites (tertiary alicyclic amines) is 1. The number of nitrogens with zero attached hydrogens (tertiary/aromatic N) is 3. The van der Waals surface area contributed by atoms with Crippen LogP contribution in [0.15, 0.2) is 48.5 Å². The van der Waals surface area contributed by atoms with Crippen LogP contribution >= 0.6 is 12.4 Å². The van der Waals surface area contributed by atoms with Crippen LogP contribution < -0.4 is 9.80 Å². The second kappa shape index (κ2) is 8.66. The molecule has 1 fully saturated rings. The first-order valence-corrected chi connectivity index (χ1v) is 10.2. The Kier molecular flexibility index (Phi) is 6.38. The minimum absolute atomic E-state index is 0. The number of benzene rings is 2. The molecule has 1 N–H and O–H groups in total. The zero-order chi connectivity index (χ0) is 20.6. The zero-order valence-corrected chi connectivity index (χ0v) is 18.2. The summed E-state index contributed by atoms with van der Waals surface area (Å²) in [7, 11) is 1.75. The number of para-hydroxylation sites is 3. The molecule has 0 aliphatic carbocycles. The maximum atomic E-state index is 13.2. The highest BCUT2D eigenvalue weighted by molar-refractivity contribution is 6.14. The predicted molar refractivity (Wildman–Crippen MR) is 121 cm³/mol. The van der Waals surface area contributed by atoms with Crippen LogP contribution in [-0.2, 0) is 4.79 Å². The number of piperidine rings is 1. The molecule has 160 valence electrons. The molecule has 2 aliphatic rings. The summed E-state index contributed by atoms with van der Waals surface area (Å²) in [6.07, 6.45) is 2.31. The molecule has 1 atom stereocenters. The topological polar surface area (TPSA) is 64.1 Å². The smallest absolute Gasteiger partial charge is 0.331 e. The van der Waals surface area contributed by atoms with Gasteiger partial charge in [0.25, 0.3) is 5.91 Å². The van der Waals surface area contributed by atoms with Gasteiger partial charge < -0.3 is 19.8 Å². The van der Waals surface area contributed by atoms with Gasteiger partial charge >= 0.3 is 5.97 Å². The Hall–Kier alpha value is -2.57. The predicted octanol–water partition coefficient (Wildman–Crippen LogP) is 4.17. The van der Waals surface area contributed by atoms with Gasteiger partial charge in [0, 0.05) is 13.6 Å². The molecule has 2 aliphatic heterocycles. The van der Waals surface area contributed by atoms with Crippen molar-refractivity contribution in [1.82, 2.24) is 4.90 Å². The Morgan fingerprint density at radius 3 is 2.37 bits per heavy atom. The average molecular weight is 430 g/mol. The fourth-order valence-electron chi connectivity index (χ4n) is 4.75. The highest BCUT2D eigenvalue weighted by Gasteiger charge is 2.50. The van der Waals surface area contributed by atoms with Gasteiger partial charge in [-0.3, -0.25) is 4.79 Å². The number of carbonyl (C=O) groups is 2. The van der Waals surface area contributed by atoms with Crippen molar-refractivity contribution in [2.24, 2.45) is 0 Å². The van der Waals surface area contributed by atoms with Crippen molar-refractivity contribution < 1.29 is 14.7 Å². The highest BCUT2D eigenvalue weighted by atomic mass is 35.5. The Morgan fingerprint density at radius 2 is 1.70 bits per heavy atom. The molecule has 1 unspecified atom stereocenters. The normalized spacial score (nSPS) is 21.3. The quantitative estimate of drug-likeness (QED) is 0.790. The van der Waals surface area contributed by atoms with Crippen LogP contribution in [0.5, 0.6) is 0 Å². The van der Waals surface area contributed by atoms with E-state index in [2.05, 4.69) is 11.8 Å². The number of hydrogen-bond acceptors (Lipinski definition) is 4. The summed E-state index contributed by atoms with van der Waals surface area (Å²) in [4.78, 5) is 31.8. The van der Waals surface area contributed by atoms with Crippen molar-refractivity contribution in [1.29, 1.82) is 0 Å². The summed E-state index contributed by atoms with van der Waals surface area (Å²) in [5, 5.41) is 10.5. The van der Waals surface area contributed by atoms with Gasteiger partial charge in [-0.15, -0.1) is 12.4 Å². The van der Waals surface area contributed by atoms with Crippen molar-refractivity contribution in [2.75, 3.05) is 36.5 Å². The molecular weight excluding hydrogens is 402 g/mol.